The molecule has 0 spiro atoms. The van der Waals surface area contributed by atoms with Crippen LogP contribution in [-0.4, -0.2) is 51.3 Å². The first-order valence-corrected chi connectivity index (χ1v) is 11.1. The van der Waals surface area contributed by atoms with Gasteiger partial charge in [-0.1, -0.05) is 6.07 Å². The lowest BCUT2D eigenvalue weighted by molar-refractivity contribution is 0.122. The second-order valence-electron chi connectivity index (χ2n) is 7.93. The van der Waals surface area contributed by atoms with Gasteiger partial charge in [0, 0.05) is 42.4 Å². The average molecular weight is 456 g/mol. The lowest BCUT2D eigenvalue weighted by Crippen LogP contribution is -2.36. The number of hydrogen-bond donors (Lipinski definition) is 3. The Morgan fingerprint density at radius 1 is 0.853 bits per heavy atom. The van der Waals surface area contributed by atoms with Crippen LogP contribution in [0.2, 0.25) is 0 Å². The van der Waals surface area contributed by atoms with Gasteiger partial charge >= 0.3 is 0 Å². The van der Waals surface area contributed by atoms with Gasteiger partial charge in [0.25, 0.3) is 0 Å². The molecule has 0 unspecified atom stereocenters. The van der Waals surface area contributed by atoms with Gasteiger partial charge in [-0.2, -0.15) is 4.98 Å². The smallest absolute Gasteiger partial charge is 0.229 e. The van der Waals surface area contributed by atoms with Crippen molar-refractivity contribution in [2.45, 2.75) is 6.92 Å². The third-order valence-electron chi connectivity index (χ3n) is 5.53. The molecule has 9 nitrogen and oxygen atoms in total. The number of nitrogens with zero attached hydrogens (tertiary/aromatic N) is 5. The summed E-state index contributed by atoms with van der Waals surface area (Å²) in [5, 5.41) is 16.3. The highest BCUT2D eigenvalue weighted by atomic mass is 16.5. The Morgan fingerprint density at radius 2 is 1.59 bits per heavy atom. The highest BCUT2D eigenvalue weighted by Gasteiger charge is 2.11. The van der Waals surface area contributed by atoms with E-state index in [1.165, 1.54) is 5.69 Å². The maximum atomic E-state index is 9.83. The standard InChI is InChI=1S/C25H25N7O2/c1-17-2-7-20(33)16-21(17)24-26-10-8-22(30-24)29-23-9-11-27-25(31-23)28-18-3-5-19(6-4-18)32-12-14-34-15-13-32/h2-11,16,33H,12-15H2,1H3,(H2,26,27,28,29,30,31). The summed E-state index contributed by atoms with van der Waals surface area (Å²) in [4.78, 5) is 20.1. The lowest BCUT2D eigenvalue weighted by Gasteiger charge is -2.28. The van der Waals surface area contributed by atoms with Crippen LogP contribution in [0.5, 0.6) is 5.75 Å². The molecule has 3 N–H and O–H groups in total. The largest absolute Gasteiger partial charge is 0.508 e. The number of hydrogen-bond acceptors (Lipinski definition) is 9. The zero-order valence-electron chi connectivity index (χ0n) is 18.8. The molecule has 0 aliphatic carbocycles. The van der Waals surface area contributed by atoms with Crippen molar-refractivity contribution in [1.29, 1.82) is 0 Å². The molecule has 0 bridgehead atoms. The second-order valence-corrected chi connectivity index (χ2v) is 7.93. The SMILES string of the molecule is Cc1ccc(O)cc1-c1nccc(Nc2ccnc(Nc3ccc(N4CCOCC4)cc3)n2)n1. The highest BCUT2D eigenvalue weighted by Crippen LogP contribution is 2.26. The van der Waals surface area contributed by atoms with E-state index in [1.54, 1.807) is 36.7 Å². The summed E-state index contributed by atoms with van der Waals surface area (Å²) in [6, 6.07) is 16.9. The van der Waals surface area contributed by atoms with Crippen LogP contribution in [0.3, 0.4) is 0 Å². The second kappa shape index (κ2) is 9.72. The molecule has 172 valence electrons. The number of rotatable bonds is 6. The van der Waals surface area contributed by atoms with E-state index >= 15 is 0 Å². The predicted molar refractivity (Wildman–Crippen MR) is 132 cm³/mol. The monoisotopic (exact) mass is 455 g/mol. The molecule has 9 heteroatoms. The van der Waals surface area contributed by atoms with Gasteiger partial charge in [-0.05, 0) is 61.0 Å². The van der Waals surface area contributed by atoms with E-state index < -0.39 is 0 Å². The zero-order chi connectivity index (χ0) is 23.3. The maximum absolute atomic E-state index is 9.83. The van der Waals surface area contributed by atoms with Gasteiger partial charge in [0.1, 0.15) is 17.4 Å². The molecule has 1 aliphatic rings. The first-order chi connectivity index (χ1) is 16.6. The van der Waals surface area contributed by atoms with Crippen molar-refractivity contribution in [3.8, 4) is 17.1 Å². The van der Waals surface area contributed by atoms with Crippen molar-refractivity contribution in [1.82, 2.24) is 19.9 Å². The van der Waals surface area contributed by atoms with E-state index in [9.17, 15) is 5.11 Å². The van der Waals surface area contributed by atoms with E-state index in [0.717, 1.165) is 43.1 Å². The van der Waals surface area contributed by atoms with Gasteiger partial charge in [-0.3, -0.25) is 0 Å². The Bertz CT molecular complexity index is 1270. The first kappa shape index (κ1) is 21.6. The third kappa shape index (κ3) is 5.05. The summed E-state index contributed by atoms with van der Waals surface area (Å²) in [6.45, 7) is 5.27. The topological polar surface area (TPSA) is 108 Å². The van der Waals surface area contributed by atoms with E-state index in [1.807, 2.05) is 25.1 Å². The summed E-state index contributed by atoms with van der Waals surface area (Å²) >= 11 is 0. The Morgan fingerprint density at radius 3 is 2.38 bits per heavy atom. The number of aromatic hydroxyl groups is 1. The number of benzene rings is 2. The molecular formula is C25H25N7O2. The fourth-order valence-corrected chi connectivity index (χ4v) is 3.73. The number of anilines is 5. The Hall–Kier alpha value is -4.24. The van der Waals surface area contributed by atoms with Crippen LogP contribution in [0.15, 0.2) is 67.0 Å². The van der Waals surface area contributed by atoms with Gasteiger partial charge in [0.15, 0.2) is 5.82 Å². The molecule has 2 aromatic heterocycles. The minimum atomic E-state index is 0.173. The number of nitrogens with one attached hydrogen (secondary N) is 2. The normalized spacial score (nSPS) is 13.5. The number of aryl methyl sites for hydroxylation is 1. The number of morpholine rings is 1. The fraction of sp³-hybridized carbons (Fsp3) is 0.200. The average Bonchev–Trinajstić information content (AvgIpc) is 2.87. The molecule has 4 aromatic rings. The van der Waals surface area contributed by atoms with Gasteiger partial charge in [0.2, 0.25) is 5.95 Å². The van der Waals surface area contributed by atoms with E-state index in [4.69, 9.17) is 4.74 Å². The van der Waals surface area contributed by atoms with Crippen molar-refractivity contribution in [3.63, 3.8) is 0 Å². The molecule has 0 atom stereocenters. The van der Waals surface area contributed by atoms with Crippen molar-refractivity contribution in [2.24, 2.45) is 0 Å². The molecule has 1 fully saturated rings. The fourth-order valence-electron chi connectivity index (χ4n) is 3.73. The van der Waals surface area contributed by atoms with Gasteiger partial charge in [-0.25, -0.2) is 15.0 Å². The Labute approximate surface area is 197 Å². The molecule has 2 aromatic carbocycles. The molecule has 3 heterocycles. The van der Waals surface area contributed by atoms with Crippen LogP contribution >= 0.6 is 0 Å². The van der Waals surface area contributed by atoms with Crippen molar-refractivity contribution < 1.29 is 9.84 Å². The van der Waals surface area contributed by atoms with E-state index in [-0.39, 0.29) is 5.75 Å². The van der Waals surface area contributed by atoms with Gasteiger partial charge in [-0.15, -0.1) is 0 Å². The maximum Gasteiger partial charge on any atom is 0.229 e. The number of ether oxygens (including phenoxy) is 1. The predicted octanol–water partition coefficient (Wildman–Crippen LogP) is 4.27. The molecule has 34 heavy (non-hydrogen) atoms. The summed E-state index contributed by atoms with van der Waals surface area (Å²) in [7, 11) is 0. The summed E-state index contributed by atoms with van der Waals surface area (Å²) in [5.74, 6) is 2.35. The highest BCUT2D eigenvalue weighted by molar-refractivity contribution is 5.65. The van der Waals surface area contributed by atoms with Crippen molar-refractivity contribution in [2.75, 3.05) is 41.8 Å². The third-order valence-corrected chi connectivity index (χ3v) is 5.53. The molecule has 0 amide bonds. The first-order valence-electron chi connectivity index (χ1n) is 11.1. The number of aromatic nitrogens is 4. The van der Waals surface area contributed by atoms with Crippen LogP contribution in [0.4, 0.5) is 29.0 Å². The molecule has 1 saturated heterocycles. The zero-order valence-corrected chi connectivity index (χ0v) is 18.8. The molecule has 0 radical (unpaired) electrons. The Balaban J connectivity index is 1.29. The number of phenols is 1. The van der Waals surface area contributed by atoms with Crippen LogP contribution in [0, 0.1) is 6.92 Å². The number of phenolic OH excluding ortho intramolecular Hbond substituents is 1. The van der Waals surface area contributed by atoms with E-state index in [0.29, 0.717) is 23.4 Å². The summed E-state index contributed by atoms with van der Waals surface area (Å²) in [6.07, 6.45) is 3.35. The molecule has 5 rings (SSSR count). The van der Waals surface area contributed by atoms with Gasteiger partial charge < -0.3 is 25.4 Å². The van der Waals surface area contributed by atoms with Crippen LogP contribution in [0.1, 0.15) is 5.56 Å². The molecule has 1 aliphatic heterocycles. The summed E-state index contributed by atoms with van der Waals surface area (Å²) < 4.78 is 5.42. The Kier molecular flexibility index (Phi) is 6.17. The van der Waals surface area contributed by atoms with Gasteiger partial charge in [0.05, 0.1) is 13.2 Å². The van der Waals surface area contributed by atoms with Crippen LogP contribution < -0.4 is 15.5 Å². The van der Waals surface area contributed by atoms with Crippen LogP contribution in [-0.2, 0) is 4.74 Å². The van der Waals surface area contributed by atoms with Crippen LogP contribution in [0.25, 0.3) is 11.4 Å². The summed E-state index contributed by atoms with van der Waals surface area (Å²) in [5.41, 5.74) is 3.82. The minimum Gasteiger partial charge on any atom is -0.508 e. The molecular weight excluding hydrogens is 430 g/mol. The lowest BCUT2D eigenvalue weighted by atomic mass is 10.1. The quantitative estimate of drug-likeness (QED) is 0.393. The van der Waals surface area contributed by atoms with Crippen molar-refractivity contribution in [3.05, 3.63) is 72.6 Å². The molecule has 0 saturated carbocycles. The van der Waals surface area contributed by atoms with E-state index in [2.05, 4.69) is 47.6 Å². The van der Waals surface area contributed by atoms with Crippen molar-refractivity contribution >= 4 is 29.0 Å². The minimum absolute atomic E-state index is 0.173.